The number of thioether (sulfide) groups is 1. The van der Waals surface area contributed by atoms with Crippen molar-refractivity contribution in [1.29, 1.82) is 0 Å². The Balaban J connectivity index is 1.42. The van der Waals surface area contributed by atoms with Crippen molar-refractivity contribution in [1.82, 2.24) is 20.4 Å². The number of nitrogens with zero attached hydrogens (tertiary/aromatic N) is 2. The maximum Gasteiger partial charge on any atom is 0.269 e. The van der Waals surface area contributed by atoms with E-state index in [1.54, 1.807) is 42.6 Å². The van der Waals surface area contributed by atoms with Crippen LogP contribution < -0.4 is 16.4 Å². The second kappa shape index (κ2) is 9.23. The molecule has 2 amide bonds. The number of benzene rings is 1. The van der Waals surface area contributed by atoms with E-state index in [0.717, 1.165) is 22.2 Å². The lowest BCUT2D eigenvalue weighted by Crippen LogP contribution is -2.42. The predicted molar refractivity (Wildman–Crippen MR) is 126 cm³/mol. The molecule has 0 aliphatic heterocycles. The fourth-order valence-corrected chi connectivity index (χ4v) is 5.46. The molecule has 3 aromatic heterocycles. The first kappa shape index (κ1) is 21.6. The zero-order valence-electron chi connectivity index (χ0n) is 16.0. The summed E-state index contributed by atoms with van der Waals surface area (Å²) in [5.74, 6) is -0.899. The number of nitrogens with one attached hydrogen (secondary N) is 2. The summed E-state index contributed by atoms with van der Waals surface area (Å²) in [6.07, 6.45) is 0. The Kier molecular flexibility index (Phi) is 6.42. The molecule has 0 fully saturated rings. The van der Waals surface area contributed by atoms with Crippen molar-refractivity contribution >= 4 is 68.1 Å². The lowest BCUT2D eigenvalue weighted by molar-refractivity contribution is -0.119. The molecule has 158 valence electrons. The topological polar surface area (TPSA) is 93.1 Å². The highest BCUT2D eigenvalue weighted by Gasteiger charge is 2.17. The van der Waals surface area contributed by atoms with Gasteiger partial charge in [-0.3, -0.25) is 29.8 Å². The van der Waals surface area contributed by atoms with Crippen LogP contribution in [-0.4, -0.2) is 27.1 Å². The first-order valence-corrected chi connectivity index (χ1v) is 12.1. The second-order valence-corrected chi connectivity index (χ2v) is 9.55. The number of hydrazine groups is 1. The van der Waals surface area contributed by atoms with Gasteiger partial charge in [-0.05, 0) is 35.7 Å². The molecule has 0 bridgehead atoms. The molecule has 1 aromatic carbocycles. The number of halogens is 1. The van der Waals surface area contributed by atoms with Gasteiger partial charge in [0, 0.05) is 33.5 Å². The quantitative estimate of drug-likeness (QED) is 0.251. The highest BCUT2D eigenvalue weighted by Crippen LogP contribution is 2.34. The van der Waals surface area contributed by atoms with Crippen LogP contribution in [-0.2, 0) is 11.8 Å². The van der Waals surface area contributed by atoms with Crippen molar-refractivity contribution in [3.63, 3.8) is 0 Å². The summed E-state index contributed by atoms with van der Waals surface area (Å²) < 4.78 is 1.44. The number of hydrogen-bond donors (Lipinski definition) is 2. The van der Waals surface area contributed by atoms with Crippen LogP contribution in [0.3, 0.4) is 0 Å². The van der Waals surface area contributed by atoms with Gasteiger partial charge in [0.05, 0.1) is 11.1 Å². The fraction of sp³-hybridized carbons (Fsp3) is 0.100. The number of aromatic nitrogens is 2. The number of thiophene rings is 2. The van der Waals surface area contributed by atoms with E-state index < -0.39 is 11.8 Å². The Bertz CT molecular complexity index is 1310. The van der Waals surface area contributed by atoms with Crippen molar-refractivity contribution in [2.45, 2.75) is 5.16 Å². The third kappa shape index (κ3) is 4.67. The number of carbonyl (C=O) groups is 2. The lowest BCUT2D eigenvalue weighted by atomic mass is 10.2. The van der Waals surface area contributed by atoms with E-state index in [0.29, 0.717) is 26.0 Å². The van der Waals surface area contributed by atoms with Crippen LogP contribution in [0.2, 0.25) is 5.02 Å². The Morgan fingerprint density at radius 3 is 2.65 bits per heavy atom. The van der Waals surface area contributed by atoms with Gasteiger partial charge in [-0.2, -0.15) is 0 Å². The van der Waals surface area contributed by atoms with Crippen LogP contribution in [0.15, 0.2) is 57.1 Å². The summed E-state index contributed by atoms with van der Waals surface area (Å²) >= 11 is 9.88. The largest absolute Gasteiger partial charge is 0.290 e. The summed E-state index contributed by atoms with van der Waals surface area (Å²) in [5, 5.41) is 5.42. The fourth-order valence-electron chi connectivity index (χ4n) is 2.76. The van der Waals surface area contributed by atoms with Crippen molar-refractivity contribution in [3.8, 4) is 10.4 Å². The Morgan fingerprint density at radius 2 is 1.94 bits per heavy atom. The summed E-state index contributed by atoms with van der Waals surface area (Å²) in [6, 6.07) is 10.2. The molecule has 7 nitrogen and oxygen atoms in total. The van der Waals surface area contributed by atoms with Crippen LogP contribution in [0, 0.1) is 0 Å². The molecule has 0 saturated heterocycles. The van der Waals surface area contributed by atoms with Crippen LogP contribution in [0.4, 0.5) is 0 Å². The molecular weight excluding hydrogens is 476 g/mol. The van der Waals surface area contributed by atoms with Crippen LogP contribution in [0.1, 0.15) is 10.4 Å². The van der Waals surface area contributed by atoms with Gasteiger partial charge < -0.3 is 0 Å². The van der Waals surface area contributed by atoms with Crippen LogP contribution >= 0.6 is 46.0 Å². The van der Waals surface area contributed by atoms with E-state index in [1.165, 1.54) is 15.9 Å². The zero-order valence-corrected chi connectivity index (χ0v) is 19.3. The van der Waals surface area contributed by atoms with Gasteiger partial charge in [-0.25, -0.2) is 4.98 Å². The number of amides is 2. The van der Waals surface area contributed by atoms with Crippen LogP contribution in [0.25, 0.3) is 20.7 Å². The number of rotatable bonds is 5. The van der Waals surface area contributed by atoms with Gasteiger partial charge in [0.25, 0.3) is 11.5 Å². The minimum absolute atomic E-state index is 0.0180. The minimum atomic E-state index is -0.457. The third-order valence-corrected chi connectivity index (χ3v) is 7.37. The van der Waals surface area contributed by atoms with Crippen molar-refractivity contribution < 1.29 is 9.59 Å². The van der Waals surface area contributed by atoms with E-state index in [9.17, 15) is 14.4 Å². The molecule has 0 saturated carbocycles. The van der Waals surface area contributed by atoms with E-state index in [1.807, 2.05) is 22.9 Å². The number of hydrogen-bond acceptors (Lipinski definition) is 7. The van der Waals surface area contributed by atoms with Gasteiger partial charge in [0.15, 0.2) is 5.16 Å². The van der Waals surface area contributed by atoms with Crippen LogP contribution in [0.5, 0.6) is 0 Å². The van der Waals surface area contributed by atoms with E-state index >= 15 is 0 Å². The van der Waals surface area contributed by atoms with Gasteiger partial charge >= 0.3 is 0 Å². The summed E-state index contributed by atoms with van der Waals surface area (Å²) in [5.41, 5.74) is 5.79. The average Bonchev–Trinajstić information content (AvgIpc) is 3.43. The summed E-state index contributed by atoms with van der Waals surface area (Å²) in [7, 11) is 1.63. The van der Waals surface area contributed by atoms with Gasteiger partial charge in [-0.1, -0.05) is 29.4 Å². The molecule has 2 N–H and O–H groups in total. The van der Waals surface area contributed by atoms with E-state index in [-0.39, 0.29) is 11.3 Å². The minimum Gasteiger partial charge on any atom is -0.290 e. The highest BCUT2D eigenvalue weighted by molar-refractivity contribution is 7.99. The molecule has 3 heterocycles. The summed E-state index contributed by atoms with van der Waals surface area (Å²) in [4.78, 5) is 43.3. The van der Waals surface area contributed by atoms with E-state index in [2.05, 4.69) is 15.8 Å². The average molecular weight is 491 g/mol. The molecule has 4 rings (SSSR count). The van der Waals surface area contributed by atoms with Gasteiger partial charge in [0.1, 0.15) is 4.83 Å². The number of carbonyl (C=O) groups excluding carboxylic acids is 2. The second-order valence-electron chi connectivity index (χ2n) is 6.36. The lowest BCUT2D eigenvalue weighted by Gasteiger charge is -2.09. The molecule has 0 atom stereocenters. The molecule has 0 spiro atoms. The Hall–Kier alpha value is -2.66. The molecule has 11 heteroatoms. The maximum atomic E-state index is 12.9. The molecule has 31 heavy (non-hydrogen) atoms. The van der Waals surface area contributed by atoms with Gasteiger partial charge in [0.2, 0.25) is 5.91 Å². The van der Waals surface area contributed by atoms with Crippen molar-refractivity contribution in [2.75, 3.05) is 5.75 Å². The van der Waals surface area contributed by atoms with Gasteiger partial charge in [-0.15, -0.1) is 22.7 Å². The molecular formula is C20H15ClN4O3S3. The molecule has 0 unspecified atom stereocenters. The van der Waals surface area contributed by atoms with Crippen molar-refractivity contribution in [2.24, 2.45) is 7.05 Å². The first-order valence-electron chi connectivity index (χ1n) is 8.93. The highest BCUT2D eigenvalue weighted by atomic mass is 35.5. The predicted octanol–water partition coefficient (Wildman–Crippen LogP) is 3.93. The molecule has 4 aromatic rings. The standard InChI is InChI=1S/C20H15ClN4O3S3/c1-25-19(28)16-13(14-3-2-8-29-14)9-30-18(16)22-20(25)31-10-15(26)23-24-17(27)11-4-6-12(21)7-5-11/h2-9H,10H2,1H3,(H,23,26)(H,24,27). The smallest absolute Gasteiger partial charge is 0.269 e. The Morgan fingerprint density at radius 1 is 1.16 bits per heavy atom. The normalized spacial score (nSPS) is 10.9. The summed E-state index contributed by atoms with van der Waals surface area (Å²) in [6.45, 7) is 0. The van der Waals surface area contributed by atoms with E-state index in [4.69, 9.17) is 11.6 Å². The number of fused-ring (bicyclic) bond motifs is 1. The molecule has 0 radical (unpaired) electrons. The van der Waals surface area contributed by atoms with Crippen molar-refractivity contribution in [3.05, 3.63) is 68.1 Å². The molecule has 0 aliphatic rings. The molecule has 0 aliphatic carbocycles. The first-order chi connectivity index (χ1) is 14.9. The SMILES string of the molecule is Cn1c(SCC(=O)NNC(=O)c2ccc(Cl)cc2)nc2scc(-c3cccs3)c2c1=O. The maximum absolute atomic E-state index is 12.9. The third-order valence-electron chi connectivity index (χ3n) is 4.32. The zero-order chi connectivity index (χ0) is 22.0. The Labute approximate surface area is 194 Å². The monoisotopic (exact) mass is 490 g/mol.